The molecule has 0 radical (unpaired) electrons. The Bertz CT molecular complexity index is 594. The molecule has 6 heteroatoms. The molecule has 2 aromatic rings. The molecule has 1 atom stereocenters. The minimum atomic E-state index is -0.358. The number of nitrogens with one attached hydrogen (secondary N) is 1. The molecular formula is C14H16FN3O2. The van der Waals surface area contributed by atoms with E-state index in [1.807, 2.05) is 0 Å². The third kappa shape index (κ3) is 2.51. The summed E-state index contributed by atoms with van der Waals surface area (Å²) in [5.41, 5.74) is 0.498. The number of ether oxygens (including phenoxy) is 1. The minimum absolute atomic E-state index is 0.0876. The van der Waals surface area contributed by atoms with E-state index in [1.54, 1.807) is 6.07 Å². The molecule has 1 unspecified atom stereocenters. The van der Waals surface area contributed by atoms with Crippen molar-refractivity contribution in [3.63, 3.8) is 0 Å². The van der Waals surface area contributed by atoms with Gasteiger partial charge in [0.2, 0.25) is 11.7 Å². The maximum absolute atomic E-state index is 13.4. The Kier molecular flexibility index (Phi) is 3.64. The zero-order valence-corrected chi connectivity index (χ0v) is 11.2. The van der Waals surface area contributed by atoms with Crippen LogP contribution < -0.4 is 10.1 Å². The first kappa shape index (κ1) is 13.1. The van der Waals surface area contributed by atoms with E-state index in [0.717, 1.165) is 25.8 Å². The fourth-order valence-electron chi connectivity index (χ4n) is 2.40. The molecular weight excluding hydrogens is 261 g/mol. The second-order valence-corrected chi connectivity index (χ2v) is 4.80. The highest BCUT2D eigenvalue weighted by molar-refractivity contribution is 5.63. The van der Waals surface area contributed by atoms with E-state index in [0.29, 0.717) is 23.0 Å². The highest BCUT2D eigenvalue weighted by Gasteiger charge is 2.22. The smallest absolute Gasteiger partial charge is 0.244 e. The third-order valence-electron chi connectivity index (χ3n) is 3.45. The Morgan fingerprint density at radius 1 is 1.40 bits per heavy atom. The van der Waals surface area contributed by atoms with Gasteiger partial charge in [-0.1, -0.05) is 11.6 Å². The summed E-state index contributed by atoms with van der Waals surface area (Å²) in [7, 11) is 1.53. The number of piperidine rings is 1. The summed E-state index contributed by atoms with van der Waals surface area (Å²) in [6, 6.07) is 4.33. The molecule has 0 amide bonds. The predicted molar refractivity (Wildman–Crippen MR) is 70.8 cm³/mol. The van der Waals surface area contributed by atoms with Crippen molar-refractivity contribution in [2.75, 3.05) is 13.7 Å². The summed E-state index contributed by atoms with van der Waals surface area (Å²) in [6.07, 6.45) is 3.27. The maximum Gasteiger partial charge on any atom is 0.244 e. The zero-order chi connectivity index (χ0) is 13.9. The quantitative estimate of drug-likeness (QED) is 0.934. The van der Waals surface area contributed by atoms with E-state index in [2.05, 4.69) is 15.5 Å². The summed E-state index contributed by atoms with van der Waals surface area (Å²) in [6.45, 7) is 0.950. The van der Waals surface area contributed by atoms with Gasteiger partial charge < -0.3 is 14.6 Å². The Morgan fingerprint density at radius 2 is 2.30 bits per heavy atom. The first-order chi connectivity index (χ1) is 9.78. The van der Waals surface area contributed by atoms with Crippen molar-refractivity contribution in [2.45, 2.75) is 25.3 Å². The van der Waals surface area contributed by atoms with Crippen LogP contribution in [-0.2, 0) is 0 Å². The largest absolute Gasteiger partial charge is 0.496 e. The summed E-state index contributed by atoms with van der Waals surface area (Å²) in [5, 5.41) is 7.28. The predicted octanol–water partition coefficient (Wildman–Crippen LogP) is 2.70. The molecule has 1 saturated heterocycles. The number of aromatic nitrogens is 2. The van der Waals surface area contributed by atoms with Crippen LogP contribution in [-0.4, -0.2) is 23.8 Å². The molecule has 1 aromatic carbocycles. The van der Waals surface area contributed by atoms with E-state index < -0.39 is 0 Å². The minimum Gasteiger partial charge on any atom is -0.496 e. The van der Waals surface area contributed by atoms with Crippen LogP contribution in [0.15, 0.2) is 22.7 Å². The second-order valence-electron chi connectivity index (χ2n) is 4.80. The molecule has 1 aliphatic heterocycles. The Hall–Kier alpha value is -1.95. The van der Waals surface area contributed by atoms with Gasteiger partial charge in [-0.25, -0.2) is 4.39 Å². The lowest BCUT2D eigenvalue weighted by atomic mass is 10.1. The molecule has 2 heterocycles. The summed E-state index contributed by atoms with van der Waals surface area (Å²) < 4.78 is 23.9. The van der Waals surface area contributed by atoms with E-state index >= 15 is 0 Å². The van der Waals surface area contributed by atoms with Crippen LogP contribution >= 0.6 is 0 Å². The normalized spacial score (nSPS) is 19.0. The lowest BCUT2D eigenvalue weighted by Crippen LogP contribution is -2.26. The van der Waals surface area contributed by atoms with Crippen LogP contribution in [0.5, 0.6) is 5.75 Å². The second kappa shape index (κ2) is 5.58. The number of rotatable bonds is 3. The van der Waals surface area contributed by atoms with Gasteiger partial charge in [0.25, 0.3) is 0 Å². The number of hydrogen-bond donors (Lipinski definition) is 1. The maximum atomic E-state index is 13.4. The molecule has 0 spiro atoms. The molecule has 20 heavy (non-hydrogen) atoms. The average molecular weight is 277 g/mol. The van der Waals surface area contributed by atoms with Crippen molar-refractivity contribution >= 4 is 0 Å². The van der Waals surface area contributed by atoms with Crippen molar-refractivity contribution in [1.82, 2.24) is 15.5 Å². The van der Waals surface area contributed by atoms with Gasteiger partial charge >= 0.3 is 0 Å². The molecule has 0 bridgehead atoms. The highest BCUT2D eigenvalue weighted by atomic mass is 19.1. The van der Waals surface area contributed by atoms with E-state index in [-0.39, 0.29) is 11.9 Å². The monoisotopic (exact) mass is 277 g/mol. The van der Waals surface area contributed by atoms with Gasteiger partial charge in [0, 0.05) is 0 Å². The highest BCUT2D eigenvalue weighted by Crippen LogP contribution is 2.30. The molecule has 1 fully saturated rings. The lowest BCUT2D eigenvalue weighted by Gasteiger charge is -2.19. The number of hydrogen-bond acceptors (Lipinski definition) is 5. The fraction of sp³-hybridized carbons (Fsp3) is 0.429. The molecule has 1 aliphatic rings. The van der Waals surface area contributed by atoms with Crippen molar-refractivity contribution < 1.29 is 13.7 Å². The van der Waals surface area contributed by atoms with Crippen molar-refractivity contribution in [2.24, 2.45) is 0 Å². The van der Waals surface area contributed by atoms with Crippen LogP contribution in [0.25, 0.3) is 11.4 Å². The Balaban J connectivity index is 1.91. The van der Waals surface area contributed by atoms with E-state index in [1.165, 1.54) is 19.2 Å². The van der Waals surface area contributed by atoms with Gasteiger partial charge in [-0.15, -0.1) is 0 Å². The summed E-state index contributed by atoms with van der Waals surface area (Å²) in [4.78, 5) is 4.37. The fourth-order valence-corrected chi connectivity index (χ4v) is 2.40. The van der Waals surface area contributed by atoms with Crippen LogP contribution in [0.4, 0.5) is 4.39 Å². The average Bonchev–Trinajstić information content (AvgIpc) is 2.98. The molecule has 1 N–H and O–H groups in total. The molecule has 1 aromatic heterocycles. The van der Waals surface area contributed by atoms with Crippen molar-refractivity contribution in [1.29, 1.82) is 0 Å². The number of halogens is 1. The van der Waals surface area contributed by atoms with Gasteiger partial charge in [0.1, 0.15) is 11.6 Å². The van der Waals surface area contributed by atoms with Crippen LogP contribution in [0.3, 0.4) is 0 Å². The molecule has 0 aliphatic carbocycles. The van der Waals surface area contributed by atoms with E-state index in [9.17, 15) is 4.39 Å². The van der Waals surface area contributed by atoms with Gasteiger partial charge in [-0.2, -0.15) is 4.98 Å². The summed E-state index contributed by atoms with van der Waals surface area (Å²) in [5.74, 6) is 1.06. The van der Waals surface area contributed by atoms with Gasteiger partial charge in [-0.3, -0.25) is 0 Å². The number of methoxy groups -OCH3 is 1. The molecule has 5 nitrogen and oxygen atoms in total. The number of nitrogens with zero attached hydrogens (tertiary/aromatic N) is 2. The van der Waals surface area contributed by atoms with Crippen molar-refractivity contribution in [3.05, 3.63) is 29.9 Å². The third-order valence-corrected chi connectivity index (χ3v) is 3.45. The zero-order valence-electron chi connectivity index (χ0n) is 11.2. The molecule has 3 rings (SSSR count). The number of benzene rings is 1. The van der Waals surface area contributed by atoms with E-state index in [4.69, 9.17) is 9.26 Å². The lowest BCUT2D eigenvalue weighted by molar-refractivity contribution is 0.297. The molecule has 0 saturated carbocycles. The standard InChI is InChI=1S/C14H16FN3O2/c1-19-12-6-5-9(15)8-10(12)13-17-14(20-18-13)11-4-2-3-7-16-11/h5-6,8,11,16H,2-4,7H2,1H3. The van der Waals surface area contributed by atoms with Crippen LogP contribution in [0.1, 0.15) is 31.2 Å². The van der Waals surface area contributed by atoms with Gasteiger partial charge in [0.05, 0.1) is 18.7 Å². The van der Waals surface area contributed by atoms with Crippen LogP contribution in [0, 0.1) is 5.82 Å². The summed E-state index contributed by atoms with van der Waals surface area (Å²) >= 11 is 0. The molecule has 106 valence electrons. The SMILES string of the molecule is COc1ccc(F)cc1-c1noc(C2CCCCN2)n1. The van der Waals surface area contributed by atoms with Crippen LogP contribution in [0.2, 0.25) is 0 Å². The Labute approximate surface area is 116 Å². The van der Waals surface area contributed by atoms with Gasteiger partial charge in [-0.05, 0) is 37.6 Å². The van der Waals surface area contributed by atoms with Gasteiger partial charge in [0.15, 0.2) is 0 Å². The van der Waals surface area contributed by atoms with Crippen molar-refractivity contribution in [3.8, 4) is 17.1 Å². The Morgan fingerprint density at radius 3 is 3.05 bits per heavy atom. The first-order valence-corrected chi connectivity index (χ1v) is 6.69. The topological polar surface area (TPSA) is 60.2 Å². The first-order valence-electron chi connectivity index (χ1n) is 6.69.